The van der Waals surface area contributed by atoms with Crippen LogP contribution in [0, 0.1) is 0 Å². The third kappa shape index (κ3) is 3.61. The Labute approximate surface area is 106 Å². The molecule has 1 aromatic rings. The molecule has 2 atom stereocenters. The fourth-order valence-corrected chi connectivity index (χ4v) is 1.85. The molecule has 5 heteroatoms. The monoisotopic (exact) mass is 262 g/mol. The molecular formula is C11H16Cl2N2O. The van der Waals surface area contributed by atoms with Gasteiger partial charge in [0, 0.05) is 17.2 Å². The van der Waals surface area contributed by atoms with Crippen LogP contribution in [-0.2, 0) is 11.2 Å². The second-order valence-corrected chi connectivity index (χ2v) is 4.50. The zero-order chi connectivity index (χ0) is 12.1. The summed E-state index contributed by atoms with van der Waals surface area (Å²) in [5.41, 5.74) is 3.68. The molecule has 0 radical (unpaired) electrons. The summed E-state index contributed by atoms with van der Waals surface area (Å²) in [4.78, 5) is 0. The fraction of sp³-hybridized carbons (Fsp3) is 0.455. The van der Waals surface area contributed by atoms with Gasteiger partial charge in [-0.15, -0.1) is 0 Å². The van der Waals surface area contributed by atoms with E-state index < -0.39 is 0 Å². The number of hydrazine groups is 1. The van der Waals surface area contributed by atoms with Gasteiger partial charge in [-0.2, -0.15) is 0 Å². The Morgan fingerprint density at radius 3 is 2.69 bits per heavy atom. The summed E-state index contributed by atoms with van der Waals surface area (Å²) in [6.45, 7) is 1.95. The number of nitrogens with one attached hydrogen (secondary N) is 1. The molecule has 1 aromatic carbocycles. The highest BCUT2D eigenvalue weighted by Gasteiger charge is 2.17. The van der Waals surface area contributed by atoms with Gasteiger partial charge in [0.2, 0.25) is 0 Å². The number of rotatable bonds is 5. The summed E-state index contributed by atoms with van der Waals surface area (Å²) in [5.74, 6) is 5.48. The van der Waals surface area contributed by atoms with E-state index in [0.717, 1.165) is 5.56 Å². The molecule has 16 heavy (non-hydrogen) atoms. The summed E-state index contributed by atoms with van der Waals surface area (Å²) >= 11 is 12.0. The van der Waals surface area contributed by atoms with E-state index in [2.05, 4.69) is 5.43 Å². The third-order valence-electron chi connectivity index (χ3n) is 2.60. The van der Waals surface area contributed by atoms with Crippen molar-refractivity contribution in [2.24, 2.45) is 5.84 Å². The largest absolute Gasteiger partial charge is 0.380 e. The number of benzene rings is 1. The molecule has 0 saturated carbocycles. The lowest BCUT2D eigenvalue weighted by molar-refractivity contribution is 0.0831. The van der Waals surface area contributed by atoms with Crippen LogP contribution in [0.1, 0.15) is 12.5 Å². The molecule has 0 aliphatic rings. The van der Waals surface area contributed by atoms with E-state index in [9.17, 15) is 0 Å². The molecule has 0 fully saturated rings. The van der Waals surface area contributed by atoms with Crippen LogP contribution in [0.5, 0.6) is 0 Å². The quantitative estimate of drug-likeness (QED) is 0.633. The summed E-state index contributed by atoms with van der Waals surface area (Å²) in [5, 5.41) is 1.35. The van der Waals surface area contributed by atoms with Gasteiger partial charge in [-0.1, -0.05) is 23.2 Å². The Morgan fingerprint density at radius 2 is 2.12 bits per heavy atom. The van der Waals surface area contributed by atoms with Crippen molar-refractivity contribution in [3.05, 3.63) is 33.8 Å². The Hall–Kier alpha value is -0.320. The maximum atomic E-state index is 6.08. The first-order valence-electron chi connectivity index (χ1n) is 5.01. The van der Waals surface area contributed by atoms with Crippen molar-refractivity contribution < 1.29 is 4.74 Å². The lowest BCUT2D eigenvalue weighted by atomic mass is 10.0. The van der Waals surface area contributed by atoms with Crippen molar-refractivity contribution in [2.45, 2.75) is 25.5 Å². The maximum absolute atomic E-state index is 6.08. The smallest absolute Gasteiger partial charge is 0.0712 e. The molecule has 0 bridgehead atoms. The molecule has 0 spiro atoms. The molecule has 0 aromatic heterocycles. The molecule has 2 unspecified atom stereocenters. The predicted octanol–water partition coefficient (Wildman–Crippen LogP) is 2.40. The van der Waals surface area contributed by atoms with E-state index in [1.165, 1.54) is 0 Å². The molecule has 0 saturated heterocycles. The van der Waals surface area contributed by atoms with E-state index in [1.807, 2.05) is 13.0 Å². The minimum atomic E-state index is 0.0000447. The first-order valence-corrected chi connectivity index (χ1v) is 5.77. The van der Waals surface area contributed by atoms with Gasteiger partial charge in [0.15, 0.2) is 0 Å². The van der Waals surface area contributed by atoms with E-state index in [4.69, 9.17) is 33.8 Å². The average molecular weight is 263 g/mol. The standard InChI is InChI=1S/C11H16Cl2N2O/c1-7(16-2)11(15-14)6-8-5-9(12)3-4-10(8)13/h3-5,7,11,15H,6,14H2,1-2H3. The molecule has 0 aliphatic carbocycles. The minimum absolute atomic E-state index is 0.0000447. The van der Waals surface area contributed by atoms with Crippen molar-refractivity contribution in [1.82, 2.24) is 5.43 Å². The van der Waals surface area contributed by atoms with Gasteiger partial charge in [-0.3, -0.25) is 11.3 Å². The lowest BCUT2D eigenvalue weighted by Crippen LogP contribution is -2.45. The van der Waals surface area contributed by atoms with E-state index >= 15 is 0 Å². The first-order chi connectivity index (χ1) is 7.58. The highest BCUT2D eigenvalue weighted by atomic mass is 35.5. The second kappa shape index (κ2) is 6.42. The highest BCUT2D eigenvalue weighted by Crippen LogP contribution is 2.22. The fourth-order valence-electron chi connectivity index (χ4n) is 1.46. The summed E-state index contributed by atoms with van der Waals surface area (Å²) in [7, 11) is 1.65. The number of methoxy groups -OCH3 is 1. The van der Waals surface area contributed by atoms with Crippen LogP contribution in [0.4, 0.5) is 0 Å². The number of halogens is 2. The van der Waals surface area contributed by atoms with Crippen LogP contribution in [0.25, 0.3) is 0 Å². The molecule has 0 aliphatic heterocycles. The van der Waals surface area contributed by atoms with Gasteiger partial charge in [0.05, 0.1) is 12.1 Å². The second-order valence-electron chi connectivity index (χ2n) is 3.65. The molecular weight excluding hydrogens is 247 g/mol. The summed E-state index contributed by atoms with van der Waals surface area (Å²) in [6, 6.07) is 5.39. The number of hydrogen-bond donors (Lipinski definition) is 2. The van der Waals surface area contributed by atoms with Gasteiger partial charge in [-0.25, -0.2) is 0 Å². The molecule has 3 N–H and O–H groups in total. The van der Waals surface area contributed by atoms with Gasteiger partial charge in [-0.05, 0) is 37.1 Å². The van der Waals surface area contributed by atoms with Crippen molar-refractivity contribution in [3.63, 3.8) is 0 Å². The Morgan fingerprint density at radius 1 is 1.44 bits per heavy atom. The summed E-state index contributed by atoms with van der Waals surface area (Å²) < 4.78 is 5.23. The zero-order valence-electron chi connectivity index (χ0n) is 9.34. The van der Waals surface area contributed by atoms with Gasteiger partial charge >= 0.3 is 0 Å². The Bertz CT molecular complexity index is 347. The normalized spacial score (nSPS) is 14.8. The maximum Gasteiger partial charge on any atom is 0.0712 e. The van der Waals surface area contributed by atoms with Crippen LogP contribution in [0.3, 0.4) is 0 Å². The van der Waals surface area contributed by atoms with Crippen LogP contribution in [0.15, 0.2) is 18.2 Å². The van der Waals surface area contributed by atoms with Crippen LogP contribution in [-0.4, -0.2) is 19.3 Å². The summed E-state index contributed by atoms with van der Waals surface area (Å²) in [6.07, 6.45) is 0.672. The lowest BCUT2D eigenvalue weighted by Gasteiger charge is -2.22. The van der Waals surface area contributed by atoms with E-state index in [-0.39, 0.29) is 12.1 Å². The zero-order valence-corrected chi connectivity index (χ0v) is 10.8. The molecule has 3 nitrogen and oxygen atoms in total. The SMILES string of the molecule is COC(C)C(Cc1cc(Cl)ccc1Cl)NN. The average Bonchev–Trinajstić information content (AvgIpc) is 2.29. The van der Waals surface area contributed by atoms with Gasteiger partial charge in [0.25, 0.3) is 0 Å². The topological polar surface area (TPSA) is 47.3 Å². The molecule has 0 amide bonds. The first kappa shape index (κ1) is 13.7. The van der Waals surface area contributed by atoms with Crippen molar-refractivity contribution in [3.8, 4) is 0 Å². The number of hydrogen-bond acceptors (Lipinski definition) is 3. The van der Waals surface area contributed by atoms with E-state index in [0.29, 0.717) is 16.5 Å². The van der Waals surface area contributed by atoms with Crippen LogP contribution >= 0.6 is 23.2 Å². The van der Waals surface area contributed by atoms with Crippen molar-refractivity contribution >= 4 is 23.2 Å². The van der Waals surface area contributed by atoms with Crippen molar-refractivity contribution in [1.29, 1.82) is 0 Å². The highest BCUT2D eigenvalue weighted by molar-refractivity contribution is 6.33. The van der Waals surface area contributed by atoms with Crippen LogP contribution in [0.2, 0.25) is 10.0 Å². The minimum Gasteiger partial charge on any atom is -0.380 e. The molecule has 0 heterocycles. The predicted molar refractivity (Wildman–Crippen MR) is 67.7 cm³/mol. The third-order valence-corrected chi connectivity index (χ3v) is 3.20. The van der Waals surface area contributed by atoms with Crippen LogP contribution < -0.4 is 11.3 Å². The van der Waals surface area contributed by atoms with Crippen molar-refractivity contribution in [2.75, 3.05) is 7.11 Å². The molecule has 90 valence electrons. The number of ether oxygens (including phenoxy) is 1. The number of nitrogens with two attached hydrogens (primary N) is 1. The van der Waals surface area contributed by atoms with Gasteiger partial charge in [0.1, 0.15) is 0 Å². The molecule has 1 rings (SSSR count). The Kier molecular flexibility index (Phi) is 5.52. The van der Waals surface area contributed by atoms with E-state index in [1.54, 1.807) is 19.2 Å². The Balaban J connectivity index is 2.81. The van der Waals surface area contributed by atoms with Gasteiger partial charge < -0.3 is 4.74 Å².